The maximum Gasteiger partial charge on any atom is 0.123 e. The van der Waals surface area contributed by atoms with Gasteiger partial charge in [-0.3, -0.25) is 0 Å². The number of phenols is 1. The van der Waals surface area contributed by atoms with Crippen molar-refractivity contribution in [2.75, 3.05) is 18.0 Å². The van der Waals surface area contributed by atoms with Gasteiger partial charge in [0.25, 0.3) is 0 Å². The fourth-order valence-electron chi connectivity index (χ4n) is 1.96. The van der Waals surface area contributed by atoms with Gasteiger partial charge >= 0.3 is 0 Å². The summed E-state index contributed by atoms with van der Waals surface area (Å²) in [7, 11) is 0. The van der Waals surface area contributed by atoms with Gasteiger partial charge in [-0.25, -0.2) is 0 Å². The molecule has 1 aliphatic heterocycles. The van der Waals surface area contributed by atoms with E-state index in [1.807, 2.05) is 12.1 Å². The number of hydrogen-bond acceptors (Lipinski definition) is 3. The van der Waals surface area contributed by atoms with Crippen molar-refractivity contribution < 1.29 is 9.90 Å². The second kappa shape index (κ2) is 4.34. The monoisotopic (exact) mass is 205 g/mol. The SMILES string of the molecule is O=CC1CCN(c2ccc(O)cc2)CC1. The Kier molecular flexibility index (Phi) is 2.90. The third-order valence-corrected chi connectivity index (χ3v) is 2.95. The first-order valence-corrected chi connectivity index (χ1v) is 5.29. The van der Waals surface area contributed by atoms with Crippen molar-refractivity contribution >= 4 is 12.0 Å². The molecule has 2 rings (SSSR count). The van der Waals surface area contributed by atoms with Gasteiger partial charge in [0.05, 0.1) is 0 Å². The number of phenolic OH excluding ortho intramolecular Hbond substituents is 1. The van der Waals surface area contributed by atoms with Gasteiger partial charge < -0.3 is 14.8 Å². The number of piperidine rings is 1. The van der Waals surface area contributed by atoms with Crippen molar-refractivity contribution in [3.05, 3.63) is 24.3 Å². The quantitative estimate of drug-likeness (QED) is 0.748. The van der Waals surface area contributed by atoms with E-state index in [1.165, 1.54) is 0 Å². The smallest absolute Gasteiger partial charge is 0.123 e. The third-order valence-electron chi connectivity index (χ3n) is 2.95. The lowest BCUT2D eigenvalue weighted by molar-refractivity contribution is -0.111. The Hall–Kier alpha value is -1.51. The molecule has 0 spiro atoms. The number of aromatic hydroxyl groups is 1. The molecular weight excluding hydrogens is 190 g/mol. The van der Waals surface area contributed by atoms with Crippen molar-refractivity contribution in [2.45, 2.75) is 12.8 Å². The zero-order valence-electron chi connectivity index (χ0n) is 8.60. The molecule has 3 heteroatoms. The highest BCUT2D eigenvalue weighted by atomic mass is 16.3. The van der Waals surface area contributed by atoms with Crippen molar-refractivity contribution in [3.63, 3.8) is 0 Å². The van der Waals surface area contributed by atoms with E-state index in [0.29, 0.717) is 5.75 Å². The molecule has 0 radical (unpaired) electrons. The molecule has 80 valence electrons. The molecule has 0 atom stereocenters. The molecule has 1 aliphatic rings. The van der Waals surface area contributed by atoms with E-state index in [0.717, 1.165) is 37.9 Å². The fraction of sp³-hybridized carbons (Fsp3) is 0.417. The Labute approximate surface area is 89.3 Å². The van der Waals surface area contributed by atoms with Gasteiger partial charge in [-0.15, -0.1) is 0 Å². The summed E-state index contributed by atoms with van der Waals surface area (Å²) >= 11 is 0. The summed E-state index contributed by atoms with van der Waals surface area (Å²) in [5.74, 6) is 0.528. The van der Waals surface area contributed by atoms with Crippen molar-refractivity contribution in [1.82, 2.24) is 0 Å². The molecule has 1 heterocycles. The summed E-state index contributed by atoms with van der Waals surface area (Å²) < 4.78 is 0. The highest BCUT2D eigenvalue weighted by Crippen LogP contribution is 2.23. The highest BCUT2D eigenvalue weighted by molar-refractivity contribution is 5.55. The van der Waals surface area contributed by atoms with E-state index in [2.05, 4.69) is 4.90 Å². The molecule has 1 saturated heterocycles. The van der Waals surface area contributed by atoms with Crippen LogP contribution in [0.4, 0.5) is 5.69 Å². The normalized spacial score (nSPS) is 17.7. The van der Waals surface area contributed by atoms with E-state index in [4.69, 9.17) is 0 Å². The van der Waals surface area contributed by atoms with Crippen LogP contribution in [0.15, 0.2) is 24.3 Å². The number of anilines is 1. The van der Waals surface area contributed by atoms with Gasteiger partial charge in [-0.1, -0.05) is 0 Å². The molecule has 0 saturated carbocycles. The minimum absolute atomic E-state index is 0.235. The van der Waals surface area contributed by atoms with Gasteiger partial charge in [0.15, 0.2) is 0 Å². The highest BCUT2D eigenvalue weighted by Gasteiger charge is 2.18. The van der Waals surface area contributed by atoms with Gasteiger partial charge in [0, 0.05) is 24.7 Å². The van der Waals surface area contributed by atoms with Crippen LogP contribution in [-0.4, -0.2) is 24.5 Å². The summed E-state index contributed by atoms with van der Waals surface area (Å²) in [6.07, 6.45) is 2.93. The van der Waals surface area contributed by atoms with Gasteiger partial charge in [-0.05, 0) is 37.1 Å². The topological polar surface area (TPSA) is 40.5 Å². The van der Waals surface area contributed by atoms with E-state index in [-0.39, 0.29) is 5.92 Å². The van der Waals surface area contributed by atoms with E-state index >= 15 is 0 Å². The van der Waals surface area contributed by atoms with E-state index in [1.54, 1.807) is 12.1 Å². The molecule has 3 nitrogen and oxygen atoms in total. The molecule has 0 unspecified atom stereocenters. The van der Waals surface area contributed by atoms with Crippen LogP contribution in [0.5, 0.6) is 5.75 Å². The van der Waals surface area contributed by atoms with Crippen molar-refractivity contribution in [2.24, 2.45) is 5.92 Å². The maximum absolute atomic E-state index is 10.6. The zero-order chi connectivity index (χ0) is 10.7. The second-order valence-corrected chi connectivity index (χ2v) is 3.98. The number of rotatable bonds is 2. The van der Waals surface area contributed by atoms with E-state index < -0.39 is 0 Å². The summed E-state index contributed by atoms with van der Waals surface area (Å²) in [5, 5.41) is 9.17. The Morgan fingerprint density at radius 3 is 2.33 bits per heavy atom. The minimum atomic E-state index is 0.235. The molecular formula is C12H15NO2. The average molecular weight is 205 g/mol. The lowest BCUT2D eigenvalue weighted by Crippen LogP contribution is -2.33. The molecule has 0 aromatic heterocycles. The van der Waals surface area contributed by atoms with Crippen LogP contribution < -0.4 is 4.90 Å². The van der Waals surface area contributed by atoms with Crippen molar-refractivity contribution in [3.8, 4) is 5.75 Å². The Morgan fingerprint density at radius 1 is 1.20 bits per heavy atom. The first kappa shape index (κ1) is 10.0. The number of carbonyl (C=O) groups is 1. The number of benzene rings is 1. The molecule has 1 N–H and O–H groups in total. The third kappa shape index (κ3) is 2.29. The van der Waals surface area contributed by atoms with E-state index in [9.17, 15) is 9.90 Å². The lowest BCUT2D eigenvalue weighted by Gasteiger charge is -2.31. The van der Waals surface area contributed by atoms with Crippen LogP contribution >= 0.6 is 0 Å². The second-order valence-electron chi connectivity index (χ2n) is 3.98. The Balaban J connectivity index is 2.01. The zero-order valence-corrected chi connectivity index (χ0v) is 8.60. The number of aldehydes is 1. The van der Waals surface area contributed by atoms with Crippen LogP contribution in [0, 0.1) is 5.92 Å². The van der Waals surface area contributed by atoms with Crippen LogP contribution in [-0.2, 0) is 4.79 Å². The number of carbonyl (C=O) groups excluding carboxylic acids is 1. The summed E-state index contributed by atoms with van der Waals surface area (Å²) in [5.41, 5.74) is 1.12. The molecule has 0 aliphatic carbocycles. The van der Waals surface area contributed by atoms with Crippen LogP contribution in [0.25, 0.3) is 0 Å². The predicted octanol–water partition coefficient (Wildman–Crippen LogP) is 1.81. The molecule has 0 bridgehead atoms. The summed E-state index contributed by atoms with van der Waals surface area (Å²) in [4.78, 5) is 12.8. The minimum Gasteiger partial charge on any atom is -0.508 e. The first-order chi connectivity index (χ1) is 7.29. The fourth-order valence-corrected chi connectivity index (χ4v) is 1.96. The van der Waals surface area contributed by atoms with Gasteiger partial charge in [0.2, 0.25) is 0 Å². The molecule has 0 amide bonds. The Bertz CT molecular complexity index is 326. The molecule has 1 aromatic rings. The molecule has 1 fully saturated rings. The average Bonchev–Trinajstić information content (AvgIpc) is 2.30. The summed E-state index contributed by atoms with van der Waals surface area (Å²) in [6, 6.07) is 7.22. The number of hydrogen-bond donors (Lipinski definition) is 1. The summed E-state index contributed by atoms with van der Waals surface area (Å²) in [6.45, 7) is 1.85. The standard InChI is InChI=1S/C12H15NO2/c14-9-10-5-7-13(8-6-10)11-1-3-12(15)4-2-11/h1-4,9-10,15H,5-8H2. The predicted molar refractivity (Wildman–Crippen MR) is 59.1 cm³/mol. The first-order valence-electron chi connectivity index (χ1n) is 5.29. The largest absolute Gasteiger partial charge is 0.508 e. The van der Waals surface area contributed by atoms with Gasteiger partial charge in [0.1, 0.15) is 12.0 Å². The molecule has 1 aromatic carbocycles. The lowest BCUT2D eigenvalue weighted by atomic mass is 9.98. The maximum atomic E-state index is 10.6. The van der Waals surface area contributed by atoms with Crippen LogP contribution in [0.1, 0.15) is 12.8 Å². The van der Waals surface area contributed by atoms with Gasteiger partial charge in [-0.2, -0.15) is 0 Å². The Morgan fingerprint density at radius 2 is 1.80 bits per heavy atom. The van der Waals surface area contributed by atoms with Crippen LogP contribution in [0.2, 0.25) is 0 Å². The van der Waals surface area contributed by atoms with Crippen LogP contribution in [0.3, 0.4) is 0 Å². The number of nitrogens with zero attached hydrogens (tertiary/aromatic N) is 1. The van der Waals surface area contributed by atoms with Crippen molar-refractivity contribution in [1.29, 1.82) is 0 Å². The molecule has 15 heavy (non-hydrogen) atoms.